The molecule has 0 saturated heterocycles. The smallest absolute Gasteiger partial charge is 0.411 e. The number of rotatable bonds is 8. The Morgan fingerprint density at radius 3 is 2.67 bits per heavy atom. The van der Waals surface area contributed by atoms with Gasteiger partial charge in [0.1, 0.15) is 18.1 Å². The normalized spacial score (nSPS) is 16.5. The molecule has 0 aliphatic heterocycles. The van der Waals surface area contributed by atoms with Crippen molar-refractivity contribution < 1.29 is 18.7 Å². The minimum Gasteiger partial charge on any atom is -0.484 e. The van der Waals surface area contributed by atoms with Crippen LogP contribution >= 0.6 is 0 Å². The first-order chi connectivity index (χ1) is 17.6. The van der Waals surface area contributed by atoms with Gasteiger partial charge in [0.15, 0.2) is 6.61 Å². The highest BCUT2D eigenvalue weighted by molar-refractivity contribution is 6.01. The summed E-state index contributed by atoms with van der Waals surface area (Å²) in [6.45, 7) is 2.22. The predicted molar refractivity (Wildman–Crippen MR) is 138 cm³/mol. The van der Waals surface area contributed by atoms with Crippen molar-refractivity contribution >= 4 is 28.4 Å². The third-order valence-corrected chi connectivity index (χ3v) is 7.28. The summed E-state index contributed by atoms with van der Waals surface area (Å²) in [6, 6.07) is 14.2. The number of hydrogen-bond acceptors (Lipinski definition) is 6. The number of fused-ring (bicyclic) bond motifs is 1. The SMILES string of the molecule is CC(OC(=O)Nc1ccc(-c2c(N)c3ccc(OCc4ncco4)cc3n2C2CCC2)cc1)C1CC1. The Hall–Kier alpha value is -3.94. The van der Waals surface area contributed by atoms with Crippen LogP contribution < -0.4 is 15.8 Å². The molecule has 8 heteroatoms. The van der Waals surface area contributed by atoms with Gasteiger partial charge in [0.05, 0.1) is 23.1 Å². The lowest BCUT2D eigenvalue weighted by molar-refractivity contribution is 0.108. The maximum absolute atomic E-state index is 12.3. The third kappa shape index (κ3) is 4.39. The van der Waals surface area contributed by atoms with E-state index in [9.17, 15) is 4.79 Å². The molecule has 0 spiro atoms. The highest BCUT2D eigenvalue weighted by Crippen LogP contribution is 2.45. The highest BCUT2D eigenvalue weighted by Gasteiger charge is 2.31. The number of amides is 1. The summed E-state index contributed by atoms with van der Waals surface area (Å²) in [7, 11) is 0. The average molecular weight is 487 g/mol. The number of carbonyl (C=O) groups excluding carboxylic acids is 1. The van der Waals surface area contributed by atoms with Crippen LogP contribution in [0.4, 0.5) is 16.2 Å². The maximum Gasteiger partial charge on any atom is 0.411 e. The molecular weight excluding hydrogens is 456 g/mol. The summed E-state index contributed by atoms with van der Waals surface area (Å²) >= 11 is 0. The molecule has 2 aromatic heterocycles. The van der Waals surface area contributed by atoms with Gasteiger partial charge >= 0.3 is 6.09 Å². The molecule has 0 radical (unpaired) electrons. The van der Waals surface area contributed by atoms with Crippen molar-refractivity contribution in [2.24, 2.45) is 5.92 Å². The number of hydrogen-bond donors (Lipinski definition) is 2. The molecule has 2 saturated carbocycles. The highest BCUT2D eigenvalue weighted by atomic mass is 16.6. The molecule has 4 aromatic rings. The molecule has 2 heterocycles. The molecule has 2 fully saturated rings. The first-order valence-electron chi connectivity index (χ1n) is 12.6. The minimum atomic E-state index is -0.414. The van der Waals surface area contributed by atoms with Gasteiger partial charge in [-0.15, -0.1) is 0 Å². The second-order valence-corrected chi connectivity index (χ2v) is 9.76. The molecular formula is C28H30N4O4. The molecule has 6 rings (SSSR count). The number of carbonyl (C=O) groups is 1. The zero-order valence-corrected chi connectivity index (χ0v) is 20.3. The number of anilines is 2. The fourth-order valence-corrected chi connectivity index (χ4v) is 4.88. The van der Waals surface area contributed by atoms with Crippen molar-refractivity contribution in [2.45, 2.75) is 57.8 Å². The lowest BCUT2D eigenvalue weighted by Gasteiger charge is -2.30. The van der Waals surface area contributed by atoms with E-state index in [1.807, 2.05) is 49.4 Å². The van der Waals surface area contributed by atoms with Gasteiger partial charge in [0.2, 0.25) is 5.89 Å². The fraction of sp³-hybridized carbons (Fsp3) is 0.357. The largest absolute Gasteiger partial charge is 0.484 e. The first-order valence-corrected chi connectivity index (χ1v) is 12.6. The van der Waals surface area contributed by atoms with Gasteiger partial charge in [-0.05, 0) is 69.2 Å². The van der Waals surface area contributed by atoms with E-state index in [0.717, 1.165) is 59.3 Å². The Labute approximate surface area is 209 Å². The van der Waals surface area contributed by atoms with Crippen LogP contribution in [0.5, 0.6) is 5.75 Å². The van der Waals surface area contributed by atoms with Crippen molar-refractivity contribution in [3.05, 3.63) is 60.8 Å². The van der Waals surface area contributed by atoms with Crippen LogP contribution in [0.3, 0.4) is 0 Å². The number of oxazole rings is 1. The Morgan fingerprint density at radius 2 is 2.00 bits per heavy atom. The van der Waals surface area contributed by atoms with Gasteiger partial charge < -0.3 is 24.2 Å². The maximum atomic E-state index is 12.3. The lowest BCUT2D eigenvalue weighted by atomic mass is 9.92. The van der Waals surface area contributed by atoms with Crippen molar-refractivity contribution in [2.75, 3.05) is 11.1 Å². The number of nitrogen functional groups attached to an aromatic ring is 1. The van der Waals surface area contributed by atoms with E-state index in [0.29, 0.717) is 23.5 Å². The molecule has 0 bridgehead atoms. The van der Waals surface area contributed by atoms with Gasteiger partial charge in [-0.3, -0.25) is 5.32 Å². The molecule has 1 unspecified atom stereocenters. The molecule has 186 valence electrons. The molecule has 1 atom stereocenters. The number of nitrogens with zero attached hydrogens (tertiary/aromatic N) is 2. The van der Waals surface area contributed by atoms with E-state index in [1.54, 1.807) is 6.20 Å². The average Bonchev–Trinajstić information content (AvgIpc) is 3.50. The standard InChI is InChI=1S/C28H30N4O4/c1-17(18-5-6-18)36-28(33)31-20-9-7-19(8-10-20)27-26(29)23-12-11-22(35-16-25-30-13-14-34-25)15-24(23)32(27)21-3-2-4-21/h7-15,17-18,21H,2-6,16,29H2,1H3,(H,31,33). The van der Waals surface area contributed by atoms with Crippen molar-refractivity contribution in [3.8, 4) is 17.0 Å². The predicted octanol–water partition coefficient (Wildman–Crippen LogP) is 6.53. The number of ether oxygens (including phenoxy) is 2. The zero-order valence-electron chi connectivity index (χ0n) is 20.3. The number of nitrogens with one attached hydrogen (secondary N) is 1. The van der Waals surface area contributed by atoms with E-state index in [2.05, 4.69) is 14.9 Å². The van der Waals surface area contributed by atoms with Gasteiger partial charge in [0, 0.05) is 28.7 Å². The van der Waals surface area contributed by atoms with Crippen LogP contribution in [-0.2, 0) is 11.3 Å². The molecule has 3 N–H and O–H groups in total. The van der Waals surface area contributed by atoms with E-state index in [-0.39, 0.29) is 12.7 Å². The Kier molecular flexibility index (Phi) is 5.79. The molecule has 1 amide bonds. The minimum absolute atomic E-state index is 0.0496. The van der Waals surface area contributed by atoms with Crippen LogP contribution in [0.25, 0.3) is 22.2 Å². The van der Waals surface area contributed by atoms with Crippen LogP contribution in [0.15, 0.2) is 59.3 Å². The van der Waals surface area contributed by atoms with Gasteiger partial charge in [-0.2, -0.15) is 0 Å². The summed E-state index contributed by atoms with van der Waals surface area (Å²) in [4.78, 5) is 16.4. The van der Waals surface area contributed by atoms with E-state index >= 15 is 0 Å². The van der Waals surface area contributed by atoms with E-state index < -0.39 is 6.09 Å². The van der Waals surface area contributed by atoms with Crippen molar-refractivity contribution in [1.82, 2.24) is 9.55 Å². The van der Waals surface area contributed by atoms with Crippen LogP contribution in [0, 0.1) is 5.92 Å². The van der Waals surface area contributed by atoms with E-state index in [4.69, 9.17) is 19.6 Å². The van der Waals surface area contributed by atoms with Gasteiger partial charge in [-0.25, -0.2) is 9.78 Å². The topological polar surface area (TPSA) is 105 Å². The summed E-state index contributed by atoms with van der Waals surface area (Å²) in [5.74, 6) is 1.77. The Morgan fingerprint density at radius 1 is 1.19 bits per heavy atom. The number of benzene rings is 2. The van der Waals surface area contributed by atoms with Crippen molar-refractivity contribution in [1.29, 1.82) is 0 Å². The zero-order chi connectivity index (χ0) is 24.6. The van der Waals surface area contributed by atoms with E-state index in [1.165, 1.54) is 12.7 Å². The second-order valence-electron chi connectivity index (χ2n) is 9.76. The van der Waals surface area contributed by atoms with Crippen molar-refractivity contribution in [3.63, 3.8) is 0 Å². The Bertz CT molecular complexity index is 1370. The molecule has 8 nitrogen and oxygen atoms in total. The van der Waals surface area contributed by atoms with Crippen LogP contribution in [-0.4, -0.2) is 21.7 Å². The summed E-state index contributed by atoms with van der Waals surface area (Å²) in [6.07, 6.45) is 8.38. The third-order valence-electron chi connectivity index (χ3n) is 7.28. The number of aromatic nitrogens is 2. The quantitative estimate of drug-likeness (QED) is 0.293. The molecule has 2 aliphatic rings. The van der Waals surface area contributed by atoms with Crippen LogP contribution in [0.2, 0.25) is 0 Å². The van der Waals surface area contributed by atoms with Gasteiger partial charge in [-0.1, -0.05) is 12.1 Å². The Balaban J connectivity index is 1.27. The van der Waals surface area contributed by atoms with Gasteiger partial charge in [0.25, 0.3) is 0 Å². The fourth-order valence-electron chi connectivity index (χ4n) is 4.88. The molecule has 2 aromatic carbocycles. The first kappa shape index (κ1) is 22.5. The summed E-state index contributed by atoms with van der Waals surface area (Å²) < 4.78 is 19.0. The van der Waals surface area contributed by atoms with Crippen LogP contribution in [0.1, 0.15) is 51.0 Å². The number of nitrogens with two attached hydrogens (primary N) is 1. The summed E-state index contributed by atoms with van der Waals surface area (Å²) in [5.41, 5.74) is 11.2. The molecule has 2 aliphatic carbocycles. The lowest BCUT2D eigenvalue weighted by Crippen LogP contribution is -2.21. The summed E-state index contributed by atoms with van der Waals surface area (Å²) in [5, 5.41) is 3.84. The second kappa shape index (κ2) is 9.26. The monoisotopic (exact) mass is 486 g/mol. The molecule has 36 heavy (non-hydrogen) atoms.